The van der Waals surface area contributed by atoms with Gasteiger partial charge < -0.3 is 10.2 Å². The van der Waals surface area contributed by atoms with Crippen molar-refractivity contribution in [3.8, 4) is 0 Å². The maximum absolute atomic E-state index is 12.7. The van der Waals surface area contributed by atoms with E-state index in [-0.39, 0.29) is 18.1 Å². The van der Waals surface area contributed by atoms with Crippen LogP contribution in [-0.2, 0) is 15.8 Å². The largest absolute Gasteiger partial charge is 0.416 e. The maximum atomic E-state index is 12.7. The minimum atomic E-state index is -4.49. The van der Waals surface area contributed by atoms with Crippen molar-refractivity contribution in [1.82, 2.24) is 0 Å². The molecule has 0 saturated heterocycles. The molecule has 0 unspecified atom stereocenters. The summed E-state index contributed by atoms with van der Waals surface area (Å²) in [4.78, 5) is 25.3. The lowest BCUT2D eigenvalue weighted by Crippen LogP contribution is -2.37. The standard InChI is InChI=1S/C18H17F3N2O2/c1-12-6-3-4-9-16(12)23(13(2)24)11-17(25)22-15-8-5-7-14(10-15)18(19,20)21/h3-10H,11H2,1-2H3,(H,22,25). The lowest BCUT2D eigenvalue weighted by molar-refractivity contribution is -0.137. The molecule has 1 N–H and O–H groups in total. The van der Waals surface area contributed by atoms with Crippen LogP contribution in [0.2, 0.25) is 0 Å². The Morgan fingerprint density at radius 2 is 1.76 bits per heavy atom. The van der Waals surface area contributed by atoms with Crippen LogP contribution in [0.4, 0.5) is 24.5 Å². The Labute approximate surface area is 143 Å². The second-order valence-corrected chi connectivity index (χ2v) is 5.52. The number of hydrogen-bond acceptors (Lipinski definition) is 2. The third-order valence-corrected chi connectivity index (χ3v) is 3.56. The second kappa shape index (κ2) is 7.38. The molecular weight excluding hydrogens is 333 g/mol. The van der Waals surface area contributed by atoms with Crippen molar-refractivity contribution < 1.29 is 22.8 Å². The number of nitrogens with one attached hydrogen (secondary N) is 1. The smallest absolute Gasteiger partial charge is 0.325 e. The lowest BCUT2D eigenvalue weighted by Gasteiger charge is -2.22. The van der Waals surface area contributed by atoms with Crippen molar-refractivity contribution in [2.75, 3.05) is 16.8 Å². The van der Waals surface area contributed by atoms with Crippen molar-refractivity contribution >= 4 is 23.2 Å². The molecule has 0 aliphatic rings. The highest BCUT2D eigenvalue weighted by atomic mass is 19.4. The Hall–Kier alpha value is -2.83. The van der Waals surface area contributed by atoms with Crippen molar-refractivity contribution in [2.45, 2.75) is 20.0 Å². The molecule has 2 aromatic rings. The van der Waals surface area contributed by atoms with E-state index in [1.807, 2.05) is 0 Å². The molecule has 0 aliphatic carbocycles. The molecule has 132 valence electrons. The molecule has 0 radical (unpaired) electrons. The fourth-order valence-corrected chi connectivity index (χ4v) is 2.35. The van der Waals surface area contributed by atoms with E-state index in [9.17, 15) is 22.8 Å². The molecule has 0 aliphatic heterocycles. The van der Waals surface area contributed by atoms with Gasteiger partial charge >= 0.3 is 6.18 Å². The molecule has 2 rings (SSSR count). The maximum Gasteiger partial charge on any atom is 0.416 e. The summed E-state index contributed by atoms with van der Waals surface area (Å²) in [7, 11) is 0. The molecule has 0 fully saturated rings. The van der Waals surface area contributed by atoms with Gasteiger partial charge in [0.1, 0.15) is 6.54 Å². The van der Waals surface area contributed by atoms with Crippen LogP contribution in [0.5, 0.6) is 0 Å². The summed E-state index contributed by atoms with van der Waals surface area (Å²) in [5.41, 5.74) is 0.555. The monoisotopic (exact) mass is 350 g/mol. The highest BCUT2D eigenvalue weighted by molar-refractivity contribution is 6.02. The van der Waals surface area contributed by atoms with Crippen LogP contribution in [0.1, 0.15) is 18.1 Å². The zero-order chi connectivity index (χ0) is 18.6. The summed E-state index contributed by atoms with van der Waals surface area (Å²) in [5.74, 6) is -0.925. The fourth-order valence-electron chi connectivity index (χ4n) is 2.35. The molecule has 2 aromatic carbocycles. The first-order valence-corrected chi connectivity index (χ1v) is 7.49. The summed E-state index contributed by atoms with van der Waals surface area (Å²) in [6.45, 7) is 2.83. The second-order valence-electron chi connectivity index (χ2n) is 5.52. The number of benzene rings is 2. The summed E-state index contributed by atoms with van der Waals surface area (Å²) < 4.78 is 38.2. The quantitative estimate of drug-likeness (QED) is 0.906. The summed E-state index contributed by atoms with van der Waals surface area (Å²) in [6, 6.07) is 11.4. The van der Waals surface area contributed by atoms with Crippen molar-refractivity contribution in [3.63, 3.8) is 0 Å². The van der Waals surface area contributed by atoms with Gasteiger partial charge in [-0.2, -0.15) is 13.2 Å². The number of anilines is 2. The van der Waals surface area contributed by atoms with Gasteiger partial charge in [-0.1, -0.05) is 24.3 Å². The Balaban J connectivity index is 2.15. The number of carbonyl (C=O) groups is 2. The van der Waals surface area contributed by atoms with Gasteiger partial charge in [-0.15, -0.1) is 0 Å². The van der Waals surface area contributed by atoms with E-state index in [1.165, 1.54) is 24.0 Å². The van der Waals surface area contributed by atoms with Crippen molar-refractivity contribution in [3.05, 3.63) is 59.7 Å². The van der Waals surface area contributed by atoms with Gasteiger partial charge in [-0.3, -0.25) is 9.59 Å². The first-order valence-electron chi connectivity index (χ1n) is 7.49. The van der Waals surface area contributed by atoms with E-state index in [4.69, 9.17) is 0 Å². The van der Waals surface area contributed by atoms with Crippen LogP contribution in [-0.4, -0.2) is 18.4 Å². The number of alkyl halides is 3. The van der Waals surface area contributed by atoms with Crippen molar-refractivity contribution in [1.29, 1.82) is 0 Å². The van der Waals surface area contributed by atoms with Crippen LogP contribution in [0.3, 0.4) is 0 Å². The summed E-state index contributed by atoms with van der Waals surface area (Å²) >= 11 is 0. The van der Waals surface area contributed by atoms with E-state index in [0.29, 0.717) is 5.69 Å². The number of rotatable bonds is 4. The van der Waals surface area contributed by atoms with E-state index >= 15 is 0 Å². The lowest BCUT2D eigenvalue weighted by atomic mass is 10.1. The molecule has 0 atom stereocenters. The number of aryl methyl sites for hydroxylation is 1. The molecular formula is C18H17F3N2O2. The van der Waals surface area contributed by atoms with Crippen LogP contribution in [0.15, 0.2) is 48.5 Å². The molecule has 0 heterocycles. The molecule has 0 bridgehead atoms. The number of para-hydroxylation sites is 1. The predicted octanol–water partition coefficient (Wildman–Crippen LogP) is 4.01. The number of amides is 2. The highest BCUT2D eigenvalue weighted by Gasteiger charge is 2.30. The van der Waals surface area contributed by atoms with E-state index in [2.05, 4.69) is 5.32 Å². The average molecular weight is 350 g/mol. The molecule has 4 nitrogen and oxygen atoms in total. The highest BCUT2D eigenvalue weighted by Crippen LogP contribution is 2.30. The number of halogens is 3. The van der Waals surface area contributed by atoms with Gasteiger partial charge in [-0.25, -0.2) is 0 Å². The first-order chi connectivity index (χ1) is 11.7. The zero-order valence-electron chi connectivity index (χ0n) is 13.7. The third-order valence-electron chi connectivity index (χ3n) is 3.56. The Morgan fingerprint density at radius 3 is 2.36 bits per heavy atom. The van der Waals surface area contributed by atoms with Crippen LogP contribution in [0, 0.1) is 6.92 Å². The summed E-state index contributed by atoms with van der Waals surface area (Å²) in [6.07, 6.45) is -4.49. The minimum absolute atomic E-state index is 0.0214. The van der Waals surface area contributed by atoms with Gasteiger partial charge in [0.15, 0.2) is 0 Å². The molecule has 0 saturated carbocycles. The topological polar surface area (TPSA) is 49.4 Å². The predicted molar refractivity (Wildman–Crippen MR) is 89.3 cm³/mol. The molecule has 0 spiro atoms. The Kier molecular flexibility index (Phi) is 5.46. The molecule has 0 aromatic heterocycles. The Bertz CT molecular complexity index is 788. The first kappa shape index (κ1) is 18.5. The summed E-state index contributed by atoms with van der Waals surface area (Å²) in [5, 5.41) is 2.40. The molecule has 7 heteroatoms. The van der Waals surface area contributed by atoms with Crippen LogP contribution in [0.25, 0.3) is 0 Å². The van der Waals surface area contributed by atoms with Gasteiger partial charge in [0, 0.05) is 18.3 Å². The third kappa shape index (κ3) is 4.82. The molecule has 2 amide bonds. The number of hydrogen-bond donors (Lipinski definition) is 1. The van der Waals surface area contributed by atoms with Crippen LogP contribution >= 0.6 is 0 Å². The Morgan fingerprint density at radius 1 is 1.08 bits per heavy atom. The molecule has 25 heavy (non-hydrogen) atoms. The number of carbonyl (C=O) groups excluding carboxylic acids is 2. The number of nitrogens with zero attached hydrogens (tertiary/aromatic N) is 1. The van der Waals surface area contributed by atoms with E-state index < -0.39 is 17.6 Å². The van der Waals surface area contributed by atoms with Gasteiger partial charge in [0.05, 0.1) is 5.56 Å². The normalized spacial score (nSPS) is 11.1. The SMILES string of the molecule is CC(=O)N(CC(=O)Nc1cccc(C(F)(F)F)c1)c1ccccc1C. The van der Waals surface area contributed by atoms with Gasteiger partial charge in [0.25, 0.3) is 0 Å². The van der Waals surface area contributed by atoms with E-state index in [0.717, 1.165) is 17.7 Å². The fraction of sp³-hybridized carbons (Fsp3) is 0.222. The van der Waals surface area contributed by atoms with Crippen molar-refractivity contribution in [2.24, 2.45) is 0 Å². The zero-order valence-corrected chi connectivity index (χ0v) is 13.7. The van der Waals surface area contributed by atoms with E-state index in [1.54, 1.807) is 31.2 Å². The van der Waals surface area contributed by atoms with Crippen LogP contribution < -0.4 is 10.2 Å². The van der Waals surface area contributed by atoms with Gasteiger partial charge in [-0.05, 0) is 36.8 Å². The minimum Gasteiger partial charge on any atom is -0.325 e. The average Bonchev–Trinajstić information content (AvgIpc) is 2.52. The van der Waals surface area contributed by atoms with Gasteiger partial charge in [0.2, 0.25) is 11.8 Å².